The van der Waals surface area contributed by atoms with E-state index in [1.54, 1.807) is 0 Å². The summed E-state index contributed by atoms with van der Waals surface area (Å²) in [6.07, 6.45) is 2.52. The lowest BCUT2D eigenvalue weighted by Gasteiger charge is -2.33. The highest BCUT2D eigenvalue weighted by Gasteiger charge is 2.23. The van der Waals surface area contributed by atoms with Gasteiger partial charge in [-0.1, -0.05) is 6.92 Å². The highest BCUT2D eigenvalue weighted by atomic mass is 15.3. The lowest BCUT2D eigenvalue weighted by Crippen LogP contribution is -2.43. The van der Waals surface area contributed by atoms with Crippen molar-refractivity contribution in [1.29, 1.82) is 0 Å². The molecule has 114 valence electrons. The molecule has 1 saturated heterocycles. The summed E-state index contributed by atoms with van der Waals surface area (Å²) in [5, 5.41) is 8.46. The molecule has 1 aliphatic rings. The number of nitrogens with zero attached hydrogens (tertiary/aromatic N) is 3. The number of nitrogens with one attached hydrogen (secondary N) is 1. The van der Waals surface area contributed by atoms with Gasteiger partial charge in [-0.05, 0) is 60.2 Å². The molecule has 0 spiro atoms. The van der Waals surface area contributed by atoms with Gasteiger partial charge >= 0.3 is 0 Å². The first kappa shape index (κ1) is 15.5. The monoisotopic (exact) mass is 278 g/mol. The average molecular weight is 278 g/mol. The van der Waals surface area contributed by atoms with E-state index in [-0.39, 0.29) is 0 Å². The van der Waals surface area contributed by atoms with E-state index in [1.807, 2.05) is 0 Å². The van der Waals surface area contributed by atoms with Crippen LogP contribution >= 0.6 is 0 Å². The number of likely N-dealkylation sites (tertiary alicyclic amines) is 1. The van der Waals surface area contributed by atoms with Crippen LogP contribution in [0.15, 0.2) is 0 Å². The molecule has 0 aliphatic carbocycles. The van der Waals surface area contributed by atoms with Crippen molar-refractivity contribution in [3.8, 4) is 0 Å². The van der Waals surface area contributed by atoms with Gasteiger partial charge in [0.05, 0.1) is 5.69 Å². The summed E-state index contributed by atoms with van der Waals surface area (Å²) in [7, 11) is 0. The predicted octanol–water partition coefficient (Wildman–Crippen LogP) is 2.65. The van der Waals surface area contributed by atoms with Crippen molar-refractivity contribution in [2.75, 3.05) is 19.6 Å². The van der Waals surface area contributed by atoms with Gasteiger partial charge in [0.1, 0.15) is 0 Å². The minimum atomic E-state index is 0.397. The molecule has 20 heavy (non-hydrogen) atoms. The van der Waals surface area contributed by atoms with Gasteiger partial charge in [-0.15, -0.1) is 0 Å². The van der Waals surface area contributed by atoms with E-state index in [1.165, 1.54) is 49.4 Å². The summed E-state index contributed by atoms with van der Waals surface area (Å²) in [6.45, 7) is 15.6. The van der Waals surface area contributed by atoms with Crippen LogP contribution in [-0.4, -0.2) is 40.4 Å². The molecular formula is C16H30N4. The highest BCUT2D eigenvalue weighted by Crippen LogP contribution is 2.23. The largest absolute Gasteiger partial charge is 0.307 e. The zero-order valence-electron chi connectivity index (χ0n) is 13.7. The van der Waals surface area contributed by atoms with Crippen molar-refractivity contribution < 1.29 is 0 Å². The SMILES string of the molecule is CCN1CCC(NC(C)c2c(C)nn(CC)c2C)CC1. The van der Waals surface area contributed by atoms with Crippen LogP contribution in [0.2, 0.25) is 0 Å². The van der Waals surface area contributed by atoms with Crippen molar-refractivity contribution in [3.63, 3.8) is 0 Å². The van der Waals surface area contributed by atoms with Crippen molar-refractivity contribution in [3.05, 3.63) is 17.0 Å². The third-order valence-electron chi connectivity index (χ3n) is 4.69. The average Bonchev–Trinajstić information content (AvgIpc) is 2.74. The smallest absolute Gasteiger partial charge is 0.0644 e. The van der Waals surface area contributed by atoms with Gasteiger partial charge in [-0.3, -0.25) is 4.68 Å². The molecule has 2 heterocycles. The molecule has 4 nitrogen and oxygen atoms in total. The van der Waals surface area contributed by atoms with Crippen molar-refractivity contribution in [2.24, 2.45) is 0 Å². The molecule has 1 aromatic rings. The molecule has 1 fully saturated rings. The van der Waals surface area contributed by atoms with E-state index >= 15 is 0 Å². The molecule has 1 N–H and O–H groups in total. The van der Waals surface area contributed by atoms with Crippen LogP contribution < -0.4 is 5.32 Å². The third-order valence-corrected chi connectivity index (χ3v) is 4.69. The molecule has 1 aliphatic heterocycles. The predicted molar refractivity (Wildman–Crippen MR) is 84.1 cm³/mol. The Morgan fingerprint density at radius 1 is 1.20 bits per heavy atom. The summed E-state index contributed by atoms with van der Waals surface area (Å²) in [4.78, 5) is 2.54. The Bertz CT molecular complexity index is 430. The van der Waals surface area contributed by atoms with Crippen LogP contribution in [-0.2, 0) is 6.54 Å². The van der Waals surface area contributed by atoms with E-state index < -0.39 is 0 Å². The van der Waals surface area contributed by atoms with Gasteiger partial charge in [0.15, 0.2) is 0 Å². The Balaban J connectivity index is 1.98. The number of piperidine rings is 1. The van der Waals surface area contributed by atoms with Crippen molar-refractivity contribution in [2.45, 2.75) is 66.1 Å². The first-order chi connectivity index (χ1) is 9.56. The summed E-state index contributed by atoms with van der Waals surface area (Å²) < 4.78 is 2.11. The minimum absolute atomic E-state index is 0.397. The van der Waals surface area contributed by atoms with Crippen molar-refractivity contribution >= 4 is 0 Å². The lowest BCUT2D eigenvalue weighted by atomic mass is 10.0. The molecule has 0 saturated carbocycles. The maximum Gasteiger partial charge on any atom is 0.0644 e. The van der Waals surface area contributed by atoms with E-state index in [9.17, 15) is 0 Å². The van der Waals surface area contributed by atoms with Gasteiger partial charge < -0.3 is 10.2 Å². The van der Waals surface area contributed by atoms with E-state index in [4.69, 9.17) is 0 Å². The van der Waals surface area contributed by atoms with Crippen LogP contribution in [0.5, 0.6) is 0 Å². The molecule has 2 rings (SSSR count). The maximum absolute atomic E-state index is 4.64. The number of rotatable bonds is 5. The van der Waals surface area contributed by atoms with Gasteiger partial charge in [-0.2, -0.15) is 5.10 Å². The molecule has 1 aromatic heterocycles. The summed E-state index contributed by atoms with van der Waals surface area (Å²) in [5.74, 6) is 0. The molecule has 1 atom stereocenters. The fraction of sp³-hybridized carbons (Fsp3) is 0.812. The quantitative estimate of drug-likeness (QED) is 0.899. The molecule has 1 unspecified atom stereocenters. The van der Waals surface area contributed by atoms with Crippen LogP contribution in [0.1, 0.15) is 56.6 Å². The number of aromatic nitrogens is 2. The van der Waals surface area contributed by atoms with E-state index in [0.29, 0.717) is 12.1 Å². The zero-order chi connectivity index (χ0) is 14.7. The summed E-state index contributed by atoms with van der Waals surface area (Å²) >= 11 is 0. The summed E-state index contributed by atoms with van der Waals surface area (Å²) in [5.41, 5.74) is 3.89. The van der Waals surface area contributed by atoms with Crippen LogP contribution in [0.4, 0.5) is 0 Å². The lowest BCUT2D eigenvalue weighted by molar-refractivity contribution is 0.200. The fourth-order valence-electron chi connectivity index (χ4n) is 3.50. The highest BCUT2D eigenvalue weighted by molar-refractivity contribution is 5.27. The first-order valence-electron chi connectivity index (χ1n) is 8.09. The molecule has 4 heteroatoms. The Kier molecular flexibility index (Phi) is 5.22. The molecule has 0 radical (unpaired) electrons. The maximum atomic E-state index is 4.64. The second kappa shape index (κ2) is 6.72. The molecule has 0 amide bonds. The first-order valence-corrected chi connectivity index (χ1v) is 8.09. The van der Waals surface area contributed by atoms with E-state index in [2.05, 4.69) is 54.6 Å². The second-order valence-corrected chi connectivity index (χ2v) is 6.00. The van der Waals surface area contributed by atoms with E-state index in [0.717, 1.165) is 6.54 Å². The number of hydrogen-bond donors (Lipinski definition) is 1. The second-order valence-electron chi connectivity index (χ2n) is 6.00. The molecule has 0 aromatic carbocycles. The van der Waals surface area contributed by atoms with Crippen LogP contribution in [0.3, 0.4) is 0 Å². The third kappa shape index (κ3) is 3.23. The number of aryl methyl sites for hydroxylation is 2. The van der Waals surface area contributed by atoms with Crippen LogP contribution in [0, 0.1) is 13.8 Å². The fourth-order valence-corrected chi connectivity index (χ4v) is 3.50. The Hall–Kier alpha value is -0.870. The van der Waals surface area contributed by atoms with Gasteiger partial charge in [0, 0.05) is 29.9 Å². The minimum Gasteiger partial charge on any atom is -0.307 e. The molecule has 0 bridgehead atoms. The van der Waals surface area contributed by atoms with Gasteiger partial charge in [0.25, 0.3) is 0 Å². The Labute approximate surface area is 123 Å². The van der Waals surface area contributed by atoms with Crippen LogP contribution in [0.25, 0.3) is 0 Å². The van der Waals surface area contributed by atoms with Gasteiger partial charge in [-0.25, -0.2) is 0 Å². The standard InChI is InChI=1S/C16H30N4/c1-6-19-10-8-15(9-11-19)17-12(3)16-13(4)18-20(7-2)14(16)5/h12,15,17H,6-11H2,1-5H3. The normalized spacial score (nSPS) is 19.4. The topological polar surface area (TPSA) is 33.1 Å². The summed E-state index contributed by atoms with van der Waals surface area (Å²) in [6, 6.07) is 1.05. The zero-order valence-corrected chi connectivity index (χ0v) is 13.7. The number of hydrogen-bond acceptors (Lipinski definition) is 3. The Morgan fingerprint density at radius 3 is 2.35 bits per heavy atom. The Morgan fingerprint density at radius 2 is 1.85 bits per heavy atom. The van der Waals surface area contributed by atoms with Gasteiger partial charge in [0.2, 0.25) is 0 Å². The molecular weight excluding hydrogens is 248 g/mol. The van der Waals surface area contributed by atoms with Crippen molar-refractivity contribution in [1.82, 2.24) is 20.0 Å².